The molecule has 3 aromatic rings. The van der Waals surface area contributed by atoms with Crippen molar-refractivity contribution in [3.05, 3.63) is 88.4 Å². The van der Waals surface area contributed by atoms with Crippen molar-refractivity contribution in [1.82, 2.24) is 5.43 Å². The maximum Gasteiger partial charge on any atom is 0.343 e. The van der Waals surface area contributed by atoms with Crippen molar-refractivity contribution < 1.29 is 23.8 Å². The summed E-state index contributed by atoms with van der Waals surface area (Å²) < 4.78 is 17.4. The molecule has 8 heteroatoms. The summed E-state index contributed by atoms with van der Waals surface area (Å²) in [5, 5.41) is 3.93. The normalized spacial score (nSPS) is 10.6. The summed E-state index contributed by atoms with van der Waals surface area (Å²) in [6.07, 6.45) is 1.46. The number of hydrazone groups is 1. The molecule has 0 saturated carbocycles. The third-order valence-electron chi connectivity index (χ3n) is 4.07. The first kappa shape index (κ1) is 23.0. The molecule has 0 aliphatic carbocycles. The summed E-state index contributed by atoms with van der Waals surface area (Å²) in [6.45, 7) is 2.05. The predicted molar refractivity (Wildman–Crippen MR) is 124 cm³/mol. The van der Waals surface area contributed by atoms with Gasteiger partial charge in [0.25, 0.3) is 5.91 Å². The topological polar surface area (TPSA) is 86.2 Å². The van der Waals surface area contributed by atoms with E-state index in [0.29, 0.717) is 35.0 Å². The molecule has 164 valence electrons. The fourth-order valence-electron chi connectivity index (χ4n) is 2.58. The van der Waals surface area contributed by atoms with Crippen LogP contribution in [0.5, 0.6) is 17.2 Å². The highest BCUT2D eigenvalue weighted by atomic mass is 79.9. The van der Waals surface area contributed by atoms with E-state index in [2.05, 4.69) is 26.5 Å². The van der Waals surface area contributed by atoms with Crippen LogP contribution < -0.4 is 19.6 Å². The van der Waals surface area contributed by atoms with Crippen LogP contribution >= 0.6 is 15.9 Å². The Morgan fingerprint density at radius 2 is 1.72 bits per heavy atom. The van der Waals surface area contributed by atoms with Gasteiger partial charge in [0.1, 0.15) is 5.75 Å². The van der Waals surface area contributed by atoms with Crippen molar-refractivity contribution >= 4 is 34.0 Å². The zero-order chi connectivity index (χ0) is 22.8. The fraction of sp³-hybridized carbons (Fsp3) is 0.125. The summed E-state index contributed by atoms with van der Waals surface area (Å²) in [5.74, 6) is 0.387. The van der Waals surface area contributed by atoms with Gasteiger partial charge in [-0.2, -0.15) is 5.10 Å². The van der Waals surface area contributed by atoms with Crippen LogP contribution in [-0.4, -0.2) is 31.3 Å². The van der Waals surface area contributed by atoms with Crippen LogP contribution in [0, 0.1) is 0 Å². The molecule has 1 amide bonds. The Balaban J connectivity index is 1.58. The second-order valence-corrected chi connectivity index (χ2v) is 7.35. The van der Waals surface area contributed by atoms with E-state index in [0.717, 1.165) is 4.47 Å². The van der Waals surface area contributed by atoms with Gasteiger partial charge in [-0.25, -0.2) is 10.2 Å². The van der Waals surface area contributed by atoms with Gasteiger partial charge in [-0.05, 0) is 67.1 Å². The molecule has 1 N–H and O–H groups in total. The molecule has 7 nitrogen and oxygen atoms in total. The van der Waals surface area contributed by atoms with Crippen molar-refractivity contribution in [2.75, 3.05) is 13.2 Å². The fourth-order valence-corrected chi connectivity index (χ4v) is 2.85. The zero-order valence-corrected chi connectivity index (χ0v) is 18.9. The van der Waals surface area contributed by atoms with Crippen LogP contribution in [0.1, 0.15) is 22.8 Å². The lowest BCUT2D eigenvalue weighted by Crippen LogP contribution is -2.24. The maximum atomic E-state index is 12.3. The lowest BCUT2D eigenvalue weighted by molar-refractivity contribution is -0.123. The summed E-state index contributed by atoms with van der Waals surface area (Å²) in [7, 11) is 0. The van der Waals surface area contributed by atoms with Gasteiger partial charge >= 0.3 is 5.97 Å². The molecular weight excluding hydrogens is 476 g/mol. The van der Waals surface area contributed by atoms with E-state index in [4.69, 9.17) is 14.2 Å². The first-order valence-corrected chi connectivity index (χ1v) is 10.6. The Morgan fingerprint density at radius 3 is 2.44 bits per heavy atom. The van der Waals surface area contributed by atoms with Crippen molar-refractivity contribution in [3.63, 3.8) is 0 Å². The largest absolute Gasteiger partial charge is 0.490 e. The minimum atomic E-state index is -0.481. The van der Waals surface area contributed by atoms with E-state index >= 15 is 0 Å². The van der Waals surface area contributed by atoms with Crippen molar-refractivity contribution in [3.8, 4) is 17.2 Å². The number of nitrogens with one attached hydrogen (secondary N) is 1. The first-order chi connectivity index (χ1) is 15.5. The molecule has 0 saturated heterocycles. The van der Waals surface area contributed by atoms with Gasteiger partial charge in [-0.3, -0.25) is 4.79 Å². The van der Waals surface area contributed by atoms with Crippen LogP contribution in [-0.2, 0) is 4.79 Å². The molecule has 0 fully saturated rings. The molecule has 0 aromatic heterocycles. The average Bonchev–Trinajstić information content (AvgIpc) is 2.81. The van der Waals surface area contributed by atoms with Gasteiger partial charge in [0, 0.05) is 4.47 Å². The van der Waals surface area contributed by atoms with E-state index in [9.17, 15) is 9.59 Å². The monoisotopic (exact) mass is 496 g/mol. The Labute approximate surface area is 194 Å². The molecule has 0 aliphatic rings. The number of carbonyl (C=O) groups excluding carboxylic acids is 2. The van der Waals surface area contributed by atoms with Crippen molar-refractivity contribution in [1.29, 1.82) is 0 Å². The number of nitrogens with zero attached hydrogens (tertiary/aromatic N) is 1. The molecule has 0 unspecified atom stereocenters. The van der Waals surface area contributed by atoms with Crippen LogP contribution in [0.25, 0.3) is 0 Å². The minimum Gasteiger partial charge on any atom is -0.490 e. The van der Waals surface area contributed by atoms with E-state index in [-0.39, 0.29) is 6.61 Å². The Hall–Kier alpha value is -3.65. The molecule has 3 rings (SSSR count). The van der Waals surface area contributed by atoms with Gasteiger partial charge in [0.05, 0.1) is 18.4 Å². The predicted octanol–water partition coefficient (Wildman–Crippen LogP) is 4.60. The van der Waals surface area contributed by atoms with E-state index in [1.807, 2.05) is 25.1 Å². The van der Waals surface area contributed by atoms with Gasteiger partial charge in [0.2, 0.25) is 0 Å². The molecular formula is C24H21BrN2O5. The lowest BCUT2D eigenvalue weighted by Gasteiger charge is -2.11. The molecule has 0 aliphatic heterocycles. The number of benzene rings is 3. The summed E-state index contributed by atoms with van der Waals surface area (Å²) >= 11 is 3.34. The van der Waals surface area contributed by atoms with Crippen LogP contribution in [0.4, 0.5) is 0 Å². The van der Waals surface area contributed by atoms with Gasteiger partial charge in [0.15, 0.2) is 18.1 Å². The SMILES string of the molecule is CCOc1cc(/C=N\NC(=O)COc2ccc(Br)cc2)ccc1OC(=O)c1ccccc1. The molecule has 0 bridgehead atoms. The van der Waals surface area contributed by atoms with Crippen LogP contribution in [0.2, 0.25) is 0 Å². The standard InChI is InChI=1S/C24H21BrN2O5/c1-2-30-22-14-17(8-13-21(22)32-24(29)18-6-4-3-5-7-18)15-26-27-23(28)16-31-20-11-9-19(25)10-12-20/h3-15H,2,16H2,1H3,(H,27,28)/b26-15-. The summed E-state index contributed by atoms with van der Waals surface area (Å²) in [5.41, 5.74) is 3.50. The second-order valence-electron chi connectivity index (χ2n) is 6.43. The van der Waals surface area contributed by atoms with E-state index in [1.165, 1.54) is 6.21 Å². The number of esters is 1. The molecule has 0 heterocycles. The molecule has 0 spiro atoms. The number of carbonyl (C=O) groups is 2. The summed E-state index contributed by atoms with van der Waals surface area (Å²) in [6, 6.07) is 20.8. The number of hydrogen-bond donors (Lipinski definition) is 1. The molecule has 32 heavy (non-hydrogen) atoms. The van der Waals surface area contributed by atoms with Crippen LogP contribution in [0.15, 0.2) is 82.4 Å². The maximum absolute atomic E-state index is 12.3. The highest BCUT2D eigenvalue weighted by molar-refractivity contribution is 9.10. The smallest absolute Gasteiger partial charge is 0.343 e. The third kappa shape index (κ3) is 6.95. The number of amides is 1. The number of hydrogen-bond acceptors (Lipinski definition) is 6. The first-order valence-electron chi connectivity index (χ1n) is 9.79. The van der Waals surface area contributed by atoms with Gasteiger partial charge < -0.3 is 14.2 Å². The highest BCUT2D eigenvalue weighted by Gasteiger charge is 2.13. The average molecular weight is 497 g/mol. The Bertz CT molecular complexity index is 1090. The Morgan fingerprint density at radius 1 is 0.969 bits per heavy atom. The highest BCUT2D eigenvalue weighted by Crippen LogP contribution is 2.29. The van der Waals surface area contributed by atoms with Gasteiger partial charge in [-0.15, -0.1) is 0 Å². The number of halogens is 1. The molecule has 0 radical (unpaired) electrons. The summed E-state index contributed by atoms with van der Waals surface area (Å²) in [4.78, 5) is 24.2. The van der Waals surface area contributed by atoms with Crippen molar-refractivity contribution in [2.45, 2.75) is 6.92 Å². The van der Waals surface area contributed by atoms with Crippen molar-refractivity contribution in [2.24, 2.45) is 5.10 Å². The second kappa shape index (κ2) is 11.7. The third-order valence-corrected chi connectivity index (χ3v) is 4.59. The lowest BCUT2D eigenvalue weighted by atomic mass is 10.2. The quantitative estimate of drug-likeness (QED) is 0.202. The molecule has 3 aromatic carbocycles. The van der Waals surface area contributed by atoms with E-state index < -0.39 is 11.9 Å². The van der Waals surface area contributed by atoms with Crippen LogP contribution in [0.3, 0.4) is 0 Å². The number of ether oxygens (including phenoxy) is 3. The minimum absolute atomic E-state index is 0.169. The van der Waals surface area contributed by atoms with Gasteiger partial charge in [-0.1, -0.05) is 34.1 Å². The van der Waals surface area contributed by atoms with E-state index in [1.54, 1.807) is 54.6 Å². The molecule has 0 atom stereocenters. The number of rotatable bonds is 9. The zero-order valence-electron chi connectivity index (χ0n) is 17.3. The Kier molecular flexibility index (Phi) is 8.39.